The minimum atomic E-state index is -3.67. The number of benzene rings is 2. The lowest BCUT2D eigenvalue weighted by Gasteiger charge is -2.12. The topological polar surface area (TPSA) is 75.3 Å². The normalized spacial score (nSPS) is 11.0. The van der Waals surface area contributed by atoms with E-state index in [1.807, 2.05) is 6.92 Å². The van der Waals surface area contributed by atoms with Gasteiger partial charge in [-0.25, -0.2) is 8.42 Å². The molecule has 6 heteroatoms. The third-order valence-corrected chi connectivity index (χ3v) is 4.52. The highest BCUT2D eigenvalue weighted by atomic mass is 32.2. The van der Waals surface area contributed by atoms with E-state index in [0.717, 1.165) is 5.56 Å². The van der Waals surface area contributed by atoms with Crippen molar-refractivity contribution in [1.82, 2.24) is 5.32 Å². The standard InChI is InChI=1S/C16H18N2O3S/c1-3-17-16(19)13-10-9-12(2)15(11-13)18-22(20,21)14-7-5-4-6-8-14/h4-11,18H,3H2,1-2H3,(H,17,19). The van der Waals surface area contributed by atoms with E-state index in [4.69, 9.17) is 0 Å². The molecule has 0 heterocycles. The van der Waals surface area contributed by atoms with Gasteiger partial charge in [0.2, 0.25) is 0 Å². The Kier molecular flexibility index (Phi) is 4.82. The lowest BCUT2D eigenvalue weighted by Crippen LogP contribution is -2.23. The predicted molar refractivity (Wildman–Crippen MR) is 86.4 cm³/mol. The van der Waals surface area contributed by atoms with Crippen LogP contribution in [0.1, 0.15) is 22.8 Å². The van der Waals surface area contributed by atoms with Crippen LogP contribution in [-0.2, 0) is 10.0 Å². The molecule has 2 rings (SSSR count). The zero-order valence-electron chi connectivity index (χ0n) is 12.5. The first kappa shape index (κ1) is 16.0. The van der Waals surface area contributed by atoms with Crippen LogP contribution in [0.3, 0.4) is 0 Å². The molecule has 0 saturated heterocycles. The number of carbonyl (C=O) groups is 1. The summed E-state index contributed by atoms with van der Waals surface area (Å²) in [5, 5.41) is 2.69. The molecule has 0 saturated carbocycles. The number of hydrogen-bond acceptors (Lipinski definition) is 3. The van der Waals surface area contributed by atoms with Crippen molar-refractivity contribution >= 4 is 21.6 Å². The molecular weight excluding hydrogens is 300 g/mol. The molecule has 0 spiro atoms. The predicted octanol–water partition coefficient (Wildman–Crippen LogP) is 2.55. The minimum absolute atomic E-state index is 0.179. The average molecular weight is 318 g/mol. The minimum Gasteiger partial charge on any atom is -0.352 e. The lowest BCUT2D eigenvalue weighted by atomic mass is 10.1. The van der Waals surface area contributed by atoms with E-state index in [0.29, 0.717) is 17.8 Å². The Morgan fingerprint density at radius 3 is 2.41 bits per heavy atom. The molecule has 2 aromatic carbocycles. The van der Waals surface area contributed by atoms with E-state index >= 15 is 0 Å². The van der Waals surface area contributed by atoms with Crippen LogP contribution in [0.5, 0.6) is 0 Å². The van der Waals surface area contributed by atoms with Crippen molar-refractivity contribution in [3.8, 4) is 0 Å². The van der Waals surface area contributed by atoms with E-state index < -0.39 is 10.0 Å². The maximum absolute atomic E-state index is 12.3. The number of hydrogen-bond donors (Lipinski definition) is 2. The Bertz CT molecular complexity index is 771. The van der Waals surface area contributed by atoms with Crippen molar-refractivity contribution in [3.05, 3.63) is 59.7 Å². The van der Waals surface area contributed by atoms with Gasteiger partial charge in [-0.1, -0.05) is 24.3 Å². The van der Waals surface area contributed by atoms with Gasteiger partial charge in [-0.05, 0) is 43.7 Å². The first-order valence-electron chi connectivity index (χ1n) is 6.91. The molecule has 1 amide bonds. The molecule has 2 N–H and O–H groups in total. The number of anilines is 1. The molecule has 2 aromatic rings. The van der Waals surface area contributed by atoms with Gasteiger partial charge in [-0.3, -0.25) is 9.52 Å². The van der Waals surface area contributed by atoms with Gasteiger partial charge in [-0.15, -0.1) is 0 Å². The number of carbonyl (C=O) groups excluding carboxylic acids is 1. The van der Waals surface area contributed by atoms with Crippen molar-refractivity contribution in [3.63, 3.8) is 0 Å². The number of sulfonamides is 1. The molecule has 0 aliphatic carbocycles. The monoisotopic (exact) mass is 318 g/mol. The first-order chi connectivity index (χ1) is 10.4. The number of rotatable bonds is 5. The largest absolute Gasteiger partial charge is 0.352 e. The van der Waals surface area contributed by atoms with Crippen LogP contribution in [-0.4, -0.2) is 20.9 Å². The van der Waals surface area contributed by atoms with Gasteiger partial charge in [0.25, 0.3) is 15.9 Å². The van der Waals surface area contributed by atoms with Crippen molar-refractivity contribution in [2.45, 2.75) is 18.7 Å². The van der Waals surface area contributed by atoms with Crippen molar-refractivity contribution in [2.75, 3.05) is 11.3 Å². The second-order valence-corrected chi connectivity index (χ2v) is 6.49. The summed E-state index contributed by atoms with van der Waals surface area (Å²) < 4.78 is 27.2. The Morgan fingerprint density at radius 1 is 1.09 bits per heavy atom. The summed E-state index contributed by atoms with van der Waals surface area (Å²) in [5.41, 5.74) is 1.55. The molecule has 22 heavy (non-hydrogen) atoms. The smallest absolute Gasteiger partial charge is 0.261 e. The molecule has 0 radical (unpaired) electrons. The fraction of sp³-hybridized carbons (Fsp3) is 0.188. The maximum atomic E-state index is 12.3. The molecule has 0 aliphatic heterocycles. The van der Waals surface area contributed by atoms with Crippen LogP contribution in [0, 0.1) is 6.92 Å². The number of aryl methyl sites for hydroxylation is 1. The third-order valence-electron chi connectivity index (χ3n) is 3.13. The Morgan fingerprint density at radius 2 is 1.77 bits per heavy atom. The summed E-state index contributed by atoms with van der Waals surface area (Å²) >= 11 is 0. The molecule has 0 unspecified atom stereocenters. The van der Waals surface area contributed by atoms with Crippen LogP contribution < -0.4 is 10.0 Å². The molecule has 0 bridgehead atoms. The Balaban J connectivity index is 2.33. The second-order valence-electron chi connectivity index (χ2n) is 4.81. The average Bonchev–Trinajstić information content (AvgIpc) is 2.50. The van der Waals surface area contributed by atoms with Crippen LogP contribution in [0.25, 0.3) is 0 Å². The van der Waals surface area contributed by atoms with Crippen molar-refractivity contribution < 1.29 is 13.2 Å². The van der Waals surface area contributed by atoms with E-state index in [9.17, 15) is 13.2 Å². The molecular formula is C16H18N2O3S. The summed E-state index contributed by atoms with van der Waals surface area (Å²) in [6, 6.07) is 13.0. The summed E-state index contributed by atoms with van der Waals surface area (Å²) in [5.74, 6) is -0.234. The summed E-state index contributed by atoms with van der Waals surface area (Å²) in [6.45, 7) is 4.12. The van der Waals surface area contributed by atoms with Crippen LogP contribution in [0.2, 0.25) is 0 Å². The molecule has 0 atom stereocenters. The van der Waals surface area contributed by atoms with Gasteiger partial charge in [-0.2, -0.15) is 0 Å². The quantitative estimate of drug-likeness (QED) is 0.889. The van der Waals surface area contributed by atoms with Gasteiger partial charge in [0.05, 0.1) is 10.6 Å². The molecule has 0 aromatic heterocycles. The van der Waals surface area contributed by atoms with Crippen molar-refractivity contribution in [2.24, 2.45) is 0 Å². The van der Waals surface area contributed by atoms with E-state index in [1.54, 1.807) is 43.3 Å². The van der Waals surface area contributed by atoms with Crippen LogP contribution >= 0.6 is 0 Å². The Hall–Kier alpha value is -2.34. The van der Waals surface area contributed by atoms with Gasteiger partial charge in [0, 0.05) is 12.1 Å². The second kappa shape index (κ2) is 6.62. The van der Waals surface area contributed by atoms with E-state index in [-0.39, 0.29) is 10.8 Å². The van der Waals surface area contributed by atoms with Crippen molar-refractivity contribution in [1.29, 1.82) is 0 Å². The van der Waals surface area contributed by atoms with Gasteiger partial charge < -0.3 is 5.32 Å². The van der Waals surface area contributed by atoms with Crippen LogP contribution in [0.4, 0.5) is 5.69 Å². The summed E-state index contributed by atoms with van der Waals surface area (Å²) in [4.78, 5) is 12.0. The van der Waals surface area contributed by atoms with Gasteiger partial charge in [0.1, 0.15) is 0 Å². The maximum Gasteiger partial charge on any atom is 0.261 e. The number of amides is 1. The van der Waals surface area contributed by atoms with Gasteiger partial charge in [0.15, 0.2) is 0 Å². The highest BCUT2D eigenvalue weighted by Gasteiger charge is 2.16. The van der Waals surface area contributed by atoms with E-state index in [1.165, 1.54) is 12.1 Å². The number of nitrogens with one attached hydrogen (secondary N) is 2. The summed E-state index contributed by atoms with van der Waals surface area (Å²) in [6.07, 6.45) is 0. The zero-order chi connectivity index (χ0) is 16.2. The highest BCUT2D eigenvalue weighted by molar-refractivity contribution is 7.92. The zero-order valence-corrected chi connectivity index (χ0v) is 13.3. The molecule has 116 valence electrons. The SMILES string of the molecule is CCNC(=O)c1ccc(C)c(NS(=O)(=O)c2ccccc2)c1. The molecule has 0 fully saturated rings. The highest BCUT2D eigenvalue weighted by Crippen LogP contribution is 2.21. The first-order valence-corrected chi connectivity index (χ1v) is 8.39. The summed E-state index contributed by atoms with van der Waals surface area (Å²) in [7, 11) is -3.67. The van der Waals surface area contributed by atoms with Crippen LogP contribution in [0.15, 0.2) is 53.4 Å². The fourth-order valence-electron chi connectivity index (χ4n) is 1.94. The van der Waals surface area contributed by atoms with E-state index in [2.05, 4.69) is 10.0 Å². The molecule has 0 aliphatic rings. The van der Waals surface area contributed by atoms with Gasteiger partial charge >= 0.3 is 0 Å². The lowest BCUT2D eigenvalue weighted by molar-refractivity contribution is 0.0956. The third kappa shape index (κ3) is 3.65. The fourth-order valence-corrected chi connectivity index (χ4v) is 3.08. The Labute approximate surface area is 130 Å². The molecule has 5 nitrogen and oxygen atoms in total.